The summed E-state index contributed by atoms with van der Waals surface area (Å²) >= 11 is 12.5. The molecule has 0 N–H and O–H groups in total. The highest BCUT2D eigenvalue weighted by Gasteiger charge is 2.11. The van der Waals surface area contributed by atoms with Crippen LogP contribution in [0.5, 0.6) is 5.75 Å². The van der Waals surface area contributed by atoms with Crippen molar-refractivity contribution in [2.45, 2.75) is 0 Å². The summed E-state index contributed by atoms with van der Waals surface area (Å²) in [7, 11) is 0. The number of hydrogen-bond donors (Lipinski definition) is 0. The number of hydrogen-bond acceptors (Lipinski definition) is 2. The van der Waals surface area contributed by atoms with Gasteiger partial charge >= 0.3 is 0 Å². The Morgan fingerprint density at radius 3 is 2.15 bits per heavy atom. The summed E-state index contributed by atoms with van der Waals surface area (Å²) < 4.78 is 8.82. The van der Waals surface area contributed by atoms with Gasteiger partial charge < -0.3 is 4.74 Å². The monoisotopic (exact) mass is 624 g/mol. The molecule has 0 aliphatic rings. The van der Waals surface area contributed by atoms with Crippen LogP contribution in [0, 0.1) is 10.7 Å². The van der Waals surface area contributed by atoms with Crippen molar-refractivity contribution >= 4 is 85.2 Å². The smallest absolute Gasteiger partial charge is 0.200 e. The first-order chi connectivity index (χ1) is 9.47. The third-order valence-electron chi connectivity index (χ3n) is 2.48. The third-order valence-corrected chi connectivity index (χ3v) is 4.95. The van der Waals surface area contributed by atoms with Crippen LogP contribution < -0.4 is 4.74 Å². The number of carbonyl (C=O) groups excluding carboxylic acids is 1. The SMILES string of the molecule is O=C(COc1c(I)cc(I)cc1I)c1ccc(Cl)cc1. The molecule has 20 heavy (non-hydrogen) atoms. The maximum absolute atomic E-state index is 12.0. The second kappa shape index (κ2) is 7.59. The molecule has 2 aromatic rings. The molecule has 104 valence electrons. The van der Waals surface area contributed by atoms with Crippen molar-refractivity contribution in [1.82, 2.24) is 0 Å². The van der Waals surface area contributed by atoms with Crippen LogP contribution >= 0.6 is 79.4 Å². The number of Topliss-reactive ketones (excluding diaryl/α,β-unsaturated/α-hetero) is 1. The minimum atomic E-state index is -0.0631. The molecule has 2 nitrogen and oxygen atoms in total. The summed E-state index contributed by atoms with van der Waals surface area (Å²) in [5.74, 6) is 0.695. The number of halogens is 4. The van der Waals surface area contributed by atoms with Gasteiger partial charge in [0.1, 0.15) is 5.75 Å². The van der Waals surface area contributed by atoms with Crippen LogP contribution in [0.1, 0.15) is 10.4 Å². The molecule has 0 unspecified atom stereocenters. The Bertz CT molecular complexity index is 618. The Morgan fingerprint density at radius 2 is 1.60 bits per heavy atom. The summed E-state index contributed by atoms with van der Waals surface area (Å²) in [6.07, 6.45) is 0. The van der Waals surface area contributed by atoms with E-state index in [2.05, 4.69) is 67.8 Å². The van der Waals surface area contributed by atoms with Crippen molar-refractivity contribution in [3.05, 3.63) is 57.7 Å². The molecule has 0 aliphatic carbocycles. The predicted molar refractivity (Wildman–Crippen MR) is 106 cm³/mol. The third kappa shape index (κ3) is 4.44. The minimum absolute atomic E-state index is 0.0221. The maximum atomic E-state index is 12.0. The normalized spacial score (nSPS) is 10.4. The largest absolute Gasteiger partial charge is 0.483 e. The highest BCUT2D eigenvalue weighted by Crippen LogP contribution is 2.29. The molecule has 0 heterocycles. The molecule has 2 aromatic carbocycles. The Hall–Kier alpha value is 0.390. The van der Waals surface area contributed by atoms with Gasteiger partial charge in [0.25, 0.3) is 0 Å². The Kier molecular flexibility index (Phi) is 6.36. The summed E-state index contributed by atoms with van der Waals surface area (Å²) in [4.78, 5) is 12.0. The number of ketones is 1. The molecule has 0 amide bonds. The zero-order valence-electron chi connectivity index (χ0n) is 10.00. The molecule has 0 saturated carbocycles. The van der Waals surface area contributed by atoms with E-state index in [1.54, 1.807) is 24.3 Å². The first kappa shape index (κ1) is 16.8. The Morgan fingerprint density at radius 1 is 1.05 bits per heavy atom. The molecule has 6 heteroatoms. The first-order valence-corrected chi connectivity index (χ1v) is 9.15. The maximum Gasteiger partial charge on any atom is 0.200 e. The molecule has 0 spiro atoms. The fourth-order valence-electron chi connectivity index (χ4n) is 1.52. The standard InChI is InChI=1S/C14H8ClI3O2/c15-9-3-1-8(2-4-9)13(19)7-20-14-11(17)5-10(16)6-12(14)18/h1-6H,7H2. The van der Waals surface area contributed by atoms with Gasteiger partial charge in [0.05, 0.1) is 7.14 Å². The van der Waals surface area contributed by atoms with Crippen LogP contribution in [-0.2, 0) is 0 Å². The highest BCUT2D eigenvalue weighted by atomic mass is 127. The molecule has 0 fully saturated rings. The highest BCUT2D eigenvalue weighted by molar-refractivity contribution is 14.1. The van der Waals surface area contributed by atoms with Gasteiger partial charge in [0.15, 0.2) is 12.4 Å². The van der Waals surface area contributed by atoms with Crippen molar-refractivity contribution in [3.8, 4) is 5.75 Å². The van der Waals surface area contributed by atoms with E-state index in [9.17, 15) is 4.79 Å². The molecule has 0 bridgehead atoms. The van der Waals surface area contributed by atoms with Gasteiger partial charge in [0.2, 0.25) is 0 Å². The molecule has 0 saturated heterocycles. The van der Waals surface area contributed by atoms with Crippen LogP contribution in [0.4, 0.5) is 0 Å². The lowest BCUT2D eigenvalue weighted by Crippen LogP contribution is -2.12. The van der Waals surface area contributed by atoms with Crippen LogP contribution in [0.15, 0.2) is 36.4 Å². The van der Waals surface area contributed by atoms with E-state index in [0.29, 0.717) is 10.6 Å². The van der Waals surface area contributed by atoms with E-state index in [4.69, 9.17) is 16.3 Å². The fraction of sp³-hybridized carbons (Fsp3) is 0.0714. The molecule has 2 rings (SSSR count). The van der Waals surface area contributed by atoms with Gasteiger partial charge in [-0.1, -0.05) is 11.6 Å². The molecular weight excluding hydrogens is 616 g/mol. The van der Waals surface area contributed by atoms with Gasteiger partial charge in [-0.15, -0.1) is 0 Å². The van der Waals surface area contributed by atoms with E-state index in [0.717, 1.165) is 16.5 Å². The van der Waals surface area contributed by atoms with Crippen LogP contribution in [0.2, 0.25) is 5.02 Å². The van der Waals surface area contributed by atoms with Gasteiger partial charge in [-0.25, -0.2) is 0 Å². The van der Waals surface area contributed by atoms with E-state index < -0.39 is 0 Å². The van der Waals surface area contributed by atoms with Gasteiger partial charge in [-0.2, -0.15) is 0 Å². The fourth-order valence-corrected chi connectivity index (χ4v) is 5.54. The van der Waals surface area contributed by atoms with Gasteiger partial charge in [0, 0.05) is 14.2 Å². The first-order valence-electron chi connectivity index (χ1n) is 5.53. The molecule has 0 aliphatic heterocycles. The molecule has 0 atom stereocenters. The molecule has 0 aromatic heterocycles. The lowest BCUT2D eigenvalue weighted by Gasteiger charge is -2.10. The van der Waals surface area contributed by atoms with Crippen molar-refractivity contribution in [3.63, 3.8) is 0 Å². The summed E-state index contributed by atoms with van der Waals surface area (Å²) in [5.41, 5.74) is 0.602. The van der Waals surface area contributed by atoms with E-state index >= 15 is 0 Å². The number of carbonyl (C=O) groups is 1. The molecule has 0 radical (unpaired) electrons. The lowest BCUT2D eigenvalue weighted by molar-refractivity contribution is 0.0920. The average molecular weight is 624 g/mol. The van der Waals surface area contributed by atoms with E-state index in [1.807, 2.05) is 12.1 Å². The quantitative estimate of drug-likeness (QED) is 0.336. The van der Waals surface area contributed by atoms with Crippen molar-refractivity contribution in [2.24, 2.45) is 0 Å². The van der Waals surface area contributed by atoms with Gasteiger partial charge in [-0.05, 0) is 104 Å². The topological polar surface area (TPSA) is 26.3 Å². The average Bonchev–Trinajstić information content (AvgIpc) is 2.38. The summed E-state index contributed by atoms with van der Waals surface area (Å²) in [6, 6.07) is 10.9. The lowest BCUT2D eigenvalue weighted by atomic mass is 10.1. The van der Waals surface area contributed by atoms with Crippen molar-refractivity contribution in [1.29, 1.82) is 0 Å². The zero-order valence-corrected chi connectivity index (χ0v) is 17.2. The van der Waals surface area contributed by atoms with Crippen molar-refractivity contribution < 1.29 is 9.53 Å². The Labute approximate surface area is 163 Å². The zero-order chi connectivity index (χ0) is 14.7. The summed E-state index contributed by atoms with van der Waals surface area (Å²) in [6.45, 7) is 0.0221. The van der Waals surface area contributed by atoms with Crippen LogP contribution in [0.25, 0.3) is 0 Å². The van der Waals surface area contributed by atoms with Crippen LogP contribution in [0.3, 0.4) is 0 Å². The second-order valence-corrected chi connectivity index (χ2v) is 7.92. The Balaban J connectivity index is 2.09. The van der Waals surface area contributed by atoms with E-state index in [-0.39, 0.29) is 12.4 Å². The number of ether oxygens (including phenoxy) is 1. The van der Waals surface area contributed by atoms with Crippen LogP contribution in [-0.4, -0.2) is 12.4 Å². The van der Waals surface area contributed by atoms with E-state index in [1.165, 1.54) is 0 Å². The second-order valence-electron chi connectivity index (χ2n) is 3.92. The predicted octanol–water partition coefficient (Wildman–Crippen LogP) is 5.42. The number of rotatable bonds is 4. The minimum Gasteiger partial charge on any atom is -0.483 e. The summed E-state index contributed by atoms with van der Waals surface area (Å²) in [5, 5.41) is 0.615. The number of benzene rings is 2. The molecular formula is C14H8ClI3O2. The van der Waals surface area contributed by atoms with Gasteiger partial charge in [-0.3, -0.25) is 4.79 Å². The van der Waals surface area contributed by atoms with Crippen molar-refractivity contribution in [2.75, 3.05) is 6.61 Å².